The number of sulfone groups is 1. The van der Waals surface area contributed by atoms with Gasteiger partial charge in [0.25, 0.3) is 0 Å². The van der Waals surface area contributed by atoms with Crippen molar-refractivity contribution < 1.29 is 17.6 Å². The van der Waals surface area contributed by atoms with Crippen molar-refractivity contribution in [2.24, 2.45) is 0 Å². The van der Waals surface area contributed by atoms with Crippen molar-refractivity contribution in [2.75, 3.05) is 18.6 Å². The molecule has 3 aromatic rings. The van der Waals surface area contributed by atoms with Crippen LogP contribution >= 0.6 is 0 Å². The Kier molecular flexibility index (Phi) is 5.17. The predicted octanol–water partition coefficient (Wildman–Crippen LogP) is 3.55. The summed E-state index contributed by atoms with van der Waals surface area (Å²) in [6.07, 6.45) is 1.29. The fourth-order valence-electron chi connectivity index (χ4n) is 4.02. The van der Waals surface area contributed by atoms with Crippen LogP contribution in [0.4, 0.5) is 4.39 Å². The molecular weight excluding hydrogens is 391 g/mol. The smallest absolute Gasteiger partial charge is 0.222 e. The SMILES string of the molecule is CN(C(=O)CCc1c(-c2ccc(F)cc2)[nH]c2ccccc12)[C@H]1CCS(=O)(=O)C1. The van der Waals surface area contributed by atoms with Crippen molar-refractivity contribution in [1.29, 1.82) is 0 Å². The molecule has 0 aliphatic carbocycles. The van der Waals surface area contributed by atoms with Crippen molar-refractivity contribution in [3.63, 3.8) is 0 Å². The van der Waals surface area contributed by atoms with E-state index < -0.39 is 9.84 Å². The Hall–Kier alpha value is -2.67. The molecule has 1 amide bonds. The fourth-order valence-corrected chi connectivity index (χ4v) is 5.79. The van der Waals surface area contributed by atoms with Crippen molar-refractivity contribution >= 4 is 26.6 Å². The van der Waals surface area contributed by atoms with Gasteiger partial charge in [-0.1, -0.05) is 18.2 Å². The maximum atomic E-state index is 13.3. The minimum atomic E-state index is -3.04. The molecule has 1 saturated heterocycles. The van der Waals surface area contributed by atoms with Gasteiger partial charge in [0.15, 0.2) is 9.84 Å². The Morgan fingerprint density at radius 3 is 2.59 bits per heavy atom. The lowest BCUT2D eigenvalue weighted by Crippen LogP contribution is -2.37. The summed E-state index contributed by atoms with van der Waals surface area (Å²) >= 11 is 0. The van der Waals surface area contributed by atoms with Crippen LogP contribution in [0.5, 0.6) is 0 Å². The molecule has 2 heterocycles. The zero-order valence-corrected chi connectivity index (χ0v) is 17.0. The Morgan fingerprint density at radius 1 is 1.17 bits per heavy atom. The van der Waals surface area contributed by atoms with Gasteiger partial charge < -0.3 is 9.88 Å². The number of nitrogens with zero attached hydrogens (tertiary/aromatic N) is 1. The molecule has 29 heavy (non-hydrogen) atoms. The van der Waals surface area contributed by atoms with Gasteiger partial charge in [-0.3, -0.25) is 4.79 Å². The first-order chi connectivity index (χ1) is 13.8. The summed E-state index contributed by atoms with van der Waals surface area (Å²) in [5.41, 5.74) is 3.71. The third-order valence-corrected chi connectivity index (χ3v) is 7.44. The van der Waals surface area contributed by atoms with Gasteiger partial charge in [0.05, 0.1) is 11.5 Å². The predicted molar refractivity (Wildman–Crippen MR) is 112 cm³/mol. The molecule has 1 atom stereocenters. The number of amides is 1. The molecule has 4 rings (SSSR count). The van der Waals surface area contributed by atoms with Gasteiger partial charge in [-0.2, -0.15) is 0 Å². The minimum Gasteiger partial charge on any atom is -0.354 e. The number of halogens is 1. The lowest BCUT2D eigenvalue weighted by atomic mass is 10.0. The van der Waals surface area contributed by atoms with E-state index in [2.05, 4.69) is 4.98 Å². The maximum absolute atomic E-state index is 13.3. The first-order valence-corrected chi connectivity index (χ1v) is 11.5. The van der Waals surface area contributed by atoms with E-state index in [0.29, 0.717) is 12.8 Å². The topological polar surface area (TPSA) is 70.2 Å². The lowest BCUT2D eigenvalue weighted by Gasteiger charge is -2.23. The van der Waals surface area contributed by atoms with Crippen LogP contribution in [0.3, 0.4) is 0 Å². The van der Waals surface area contributed by atoms with Crippen molar-refractivity contribution in [3.05, 3.63) is 59.9 Å². The maximum Gasteiger partial charge on any atom is 0.222 e. The van der Waals surface area contributed by atoms with Crippen LogP contribution in [0, 0.1) is 5.82 Å². The normalized spacial score (nSPS) is 18.2. The monoisotopic (exact) mass is 414 g/mol. The third kappa shape index (κ3) is 4.05. The summed E-state index contributed by atoms with van der Waals surface area (Å²) in [7, 11) is -1.35. The number of hydrogen-bond donors (Lipinski definition) is 1. The summed E-state index contributed by atoms with van der Waals surface area (Å²) < 4.78 is 36.8. The van der Waals surface area contributed by atoms with Crippen LogP contribution in [0.25, 0.3) is 22.2 Å². The Morgan fingerprint density at radius 2 is 1.90 bits per heavy atom. The number of nitrogens with one attached hydrogen (secondary N) is 1. The van der Waals surface area contributed by atoms with Crippen molar-refractivity contribution in [1.82, 2.24) is 9.88 Å². The van der Waals surface area contributed by atoms with E-state index in [1.165, 1.54) is 12.1 Å². The van der Waals surface area contributed by atoms with Gasteiger partial charge in [-0.05, 0) is 54.3 Å². The van der Waals surface area contributed by atoms with Gasteiger partial charge in [-0.15, -0.1) is 0 Å². The van der Waals surface area contributed by atoms with E-state index in [-0.39, 0.29) is 35.7 Å². The highest BCUT2D eigenvalue weighted by atomic mass is 32.2. The highest BCUT2D eigenvalue weighted by Gasteiger charge is 2.32. The lowest BCUT2D eigenvalue weighted by molar-refractivity contribution is -0.131. The Balaban J connectivity index is 1.58. The number of carbonyl (C=O) groups excluding carboxylic acids is 1. The van der Waals surface area contributed by atoms with Crippen LogP contribution in [-0.2, 0) is 21.1 Å². The number of carbonyl (C=O) groups is 1. The molecule has 0 spiro atoms. The minimum absolute atomic E-state index is 0.0448. The number of benzene rings is 2. The number of aryl methyl sites for hydroxylation is 1. The molecular formula is C22H23FN2O3S. The molecule has 1 fully saturated rings. The Bertz CT molecular complexity index is 1150. The second kappa shape index (κ2) is 7.63. The summed E-state index contributed by atoms with van der Waals surface area (Å²) in [5, 5.41) is 1.03. The number of para-hydroxylation sites is 1. The Labute approximate surface area is 169 Å². The zero-order valence-electron chi connectivity index (χ0n) is 16.2. The van der Waals surface area contributed by atoms with E-state index in [1.807, 2.05) is 24.3 Å². The van der Waals surface area contributed by atoms with Gasteiger partial charge in [0.2, 0.25) is 5.91 Å². The van der Waals surface area contributed by atoms with Crippen LogP contribution in [0.15, 0.2) is 48.5 Å². The van der Waals surface area contributed by atoms with Crippen LogP contribution < -0.4 is 0 Å². The quantitative estimate of drug-likeness (QED) is 0.694. The molecule has 1 aromatic heterocycles. The fraction of sp³-hybridized carbons (Fsp3) is 0.318. The van der Waals surface area contributed by atoms with Gasteiger partial charge >= 0.3 is 0 Å². The first kappa shape index (κ1) is 19.6. The van der Waals surface area contributed by atoms with E-state index in [4.69, 9.17) is 0 Å². The molecule has 2 aromatic carbocycles. The van der Waals surface area contributed by atoms with Crippen LogP contribution in [-0.4, -0.2) is 48.8 Å². The van der Waals surface area contributed by atoms with Crippen molar-refractivity contribution in [2.45, 2.75) is 25.3 Å². The average Bonchev–Trinajstić information content (AvgIpc) is 3.26. The standard InChI is InChI=1S/C22H23FN2O3S/c1-25(17-12-13-29(27,28)14-17)21(26)11-10-19-18-4-2-3-5-20(18)24-22(19)15-6-8-16(23)9-7-15/h2-9,17,24H,10-14H2,1H3/t17-/m0/s1. The van der Waals surface area contributed by atoms with E-state index in [1.54, 1.807) is 24.1 Å². The molecule has 1 N–H and O–H groups in total. The second-order valence-corrected chi connectivity index (χ2v) is 9.82. The molecule has 5 nitrogen and oxygen atoms in total. The van der Waals surface area contributed by atoms with Crippen LogP contribution in [0.1, 0.15) is 18.4 Å². The molecule has 152 valence electrons. The summed E-state index contributed by atoms with van der Waals surface area (Å²) in [4.78, 5) is 17.7. The largest absolute Gasteiger partial charge is 0.354 e. The number of fused-ring (bicyclic) bond motifs is 1. The molecule has 0 saturated carbocycles. The summed E-state index contributed by atoms with van der Waals surface area (Å²) in [6, 6.07) is 13.9. The molecule has 1 aliphatic heterocycles. The summed E-state index contributed by atoms with van der Waals surface area (Å²) in [5.74, 6) is -0.174. The molecule has 7 heteroatoms. The molecule has 0 bridgehead atoms. The molecule has 1 aliphatic rings. The summed E-state index contributed by atoms with van der Waals surface area (Å²) in [6.45, 7) is 0. The second-order valence-electron chi connectivity index (χ2n) is 7.59. The number of aromatic amines is 1. The van der Waals surface area contributed by atoms with Gasteiger partial charge in [0.1, 0.15) is 5.82 Å². The van der Waals surface area contributed by atoms with Gasteiger partial charge in [0, 0.05) is 36.1 Å². The zero-order chi connectivity index (χ0) is 20.6. The molecule has 0 unspecified atom stereocenters. The highest BCUT2D eigenvalue weighted by molar-refractivity contribution is 7.91. The number of aromatic nitrogens is 1. The van der Waals surface area contributed by atoms with Crippen molar-refractivity contribution in [3.8, 4) is 11.3 Å². The molecule has 0 radical (unpaired) electrons. The van der Waals surface area contributed by atoms with E-state index in [0.717, 1.165) is 27.7 Å². The number of hydrogen-bond acceptors (Lipinski definition) is 3. The first-order valence-electron chi connectivity index (χ1n) is 9.66. The van der Waals surface area contributed by atoms with E-state index >= 15 is 0 Å². The number of H-pyrrole nitrogens is 1. The highest BCUT2D eigenvalue weighted by Crippen LogP contribution is 2.31. The van der Waals surface area contributed by atoms with Gasteiger partial charge in [-0.25, -0.2) is 12.8 Å². The number of rotatable bonds is 5. The third-order valence-electron chi connectivity index (χ3n) is 5.68. The average molecular weight is 415 g/mol. The van der Waals surface area contributed by atoms with E-state index in [9.17, 15) is 17.6 Å². The van der Waals surface area contributed by atoms with Crippen LogP contribution in [0.2, 0.25) is 0 Å².